The van der Waals surface area contributed by atoms with Gasteiger partial charge in [-0.1, -0.05) is 0 Å². The van der Waals surface area contributed by atoms with Crippen LogP contribution in [0.3, 0.4) is 0 Å². The van der Waals surface area contributed by atoms with Crippen molar-refractivity contribution in [3.8, 4) is 5.75 Å². The summed E-state index contributed by atoms with van der Waals surface area (Å²) in [6.07, 6.45) is 0.960. The van der Waals surface area contributed by atoms with Gasteiger partial charge in [0, 0.05) is 18.2 Å². The van der Waals surface area contributed by atoms with E-state index in [-0.39, 0.29) is 12.4 Å². The van der Waals surface area contributed by atoms with Crippen molar-refractivity contribution in [3.63, 3.8) is 0 Å². The average molecular weight is 255 g/mol. The van der Waals surface area contributed by atoms with Crippen molar-refractivity contribution in [1.82, 2.24) is 0 Å². The van der Waals surface area contributed by atoms with Crippen molar-refractivity contribution < 1.29 is 24.0 Å². The number of benzene rings is 1. The molecular weight excluding hydrogens is 245 g/mol. The van der Waals surface area contributed by atoms with Crippen LogP contribution in [0.25, 0.3) is 0 Å². The minimum Gasteiger partial charge on any atom is -0.489 e. The maximum atomic E-state index is 13.2. The van der Waals surface area contributed by atoms with E-state index in [1.54, 1.807) is 0 Å². The maximum Gasteiger partial charge on any atom is 0.328 e. The van der Waals surface area contributed by atoms with Crippen LogP contribution in [0.15, 0.2) is 29.8 Å². The number of hydrogen-bond donors (Lipinski definition) is 1. The highest BCUT2D eigenvalue weighted by Gasteiger charge is 2.14. The van der Waals surface area contributed by atoms with Gasteiger partial charge in [0.25, 0.3) is 0 Å². The molecule has 0 unspecified atom stereocenters. The minimum absolute atomic E-state index is 0.0381. The zero-order valence-corrected chi connectivity index (χ0v) is 9.42. The van der Waals surface area contributed by atoms with Crippen molar-refractivity contribution in [2.75, 3.05) is 6.61 Å². The SMILES string of the molecule is C/C(=C\C(=O)O)COc1ccc([N+](=O)[O-])c(F)c1. The second kappa shape index (κ2) is 5.76. The molecule has 1 aromatic carbocycles. The third-order valence-electron chi connectivity index (χ3n) is 1.95. The molecule has 0 saturated heterocycles. The van der Waals surface area contributed by atoms with Crippen molar-refractivity contribution in [2.45, 2.75) is 6.92 Å². The Morgan fingerprint density at radius 1 is 1.61 bits per heavy atom. The smallest absolute Gasteiger partial charge is 0.328 e. The second-order valence-corrected chi connectivity index (χ2v) is 3.49. The molecule has 0 fully saturated rings. The first-order chi connectivity index (χ1) is 8.40. The van der Waals surface area contributed by atoms with E-state index in [9.17, 15) is 19.3 Å². The van der Waals surface area contributed by atoms with E-state index in [1.807, 2.05) is 0 Å². The van der Waals surface area contributed by atoms with E-state index >= 15 is 0 Å². The van der Waals surface area contributed by atoms with E-state index in [0.29, 0.717) is 5.57 Å². The van der Waals surface area contributed by atoms with E-state index in [1.165, 1.54) is 13.0 Å². The van der Waals surface area contributed by atoms with Crippen LogP contribution in [0.4, 0.5) is 10.1 Å². The maximum absolute atomic E-state index is 13.2. The zero-order chi connectivity index (χ0) is 13.7. The highest BCUT2D eigenvalue weighted by molar-refractivity contribution is 5.80. The molecule has 1 aromatic rings. The number of carbonyl (C=O) groups is 1. The van der Waals surface area contributed by atoms with Gasteiger partial charge in [0.1, 0.15) is 12.4 Å². The van der Waals surface area contributed by atoms with Crippen LogP contribution in [-0.2, 0) is 4.79 Å². The van der Waals surface area contributed by atoms with Crippen LogP contribution in [0, 0.1) is 15.9 Å². The molecule has 0 spiro atoms. The second-order valence-electron chi connectivity index (χ2n) is 3.49. The van der Waals surface area contributed by atoms with Gasteiger partial charge in [0.2, 0.25) is 5.82 Å². The fourth-order valence-corrected chi connectivity index (χ4v) is 1.18. The highest BCUT2D eigenvalue weighted by atomic mass is 19.1. The number of ether oxygens (including phenoxy) is 1. The van der Waals surface area contributed by atoms with Gasteiger partial charge >= 0.3 is 11.7 Å². The van der Waals surface area contributed by atoms with Gasteiger partial charge in [0.15, 0.2) is 0 Å². The van der Waals surface area contributed by atoms with Gasteiger partial charge in [-0.25, -0.2) is 4.79 Å². The summed E-state index contributed by atoms with van der Waals surface area (Å²) in [6.45, 7) is 1.50. The van der Waals surface area contributed by atoms with E-state index in [4.69, 9.17) is 9.84 Å². The molecule has 0 amide bonds. The number of nitro benzene ring substituents is 1. The lowest BCUT2D eigenvalue weighted by Crippen LogP contribution is -2.02. The van der Waals surface area contributed by atoms with Crippen molar-refractivity contribution in [1.29, 1.82) is 0 Å². The summed E-state index contributed by atoms with van der Waals surface area (Å²) in [4.78, 5) is 19.9. The Kier molecular flexibility index (Phi) is 4.36. The summed E-state index contributed by atoms with van der Waals surface area (Å²) in [5.41, 5.74) is -0.207. The number of hydrogen-bond acceptors (Lipinski definition) is 4. The standard InChI is InChI=1S/C11H10FNO5/c1-7(4-11(14)15)6-18-8-2-3-10(13(16)17)9(12)5-8/h2-5H,6H2,1H3,(H,14,15)/b7-4+. The summed E-state index contributed by atoms with van der Waals surface area (Å²) in [6, 6.07) is 3.11. The lowest BCUT2D eigenvalue weighted by molar-refractivity contribution is -0.387. The molecule has 6 nitrogen and oxygen atoms in total. The molecule has 7 heteroatoms. The number of carboxylic acids is 1. The molecule has 1 rings (SSSR count). The molecule has 0 aliphatic carbocycles. The van der Waals surface area contributed by atoms with Gasteiger partial charge in [-0.3, -0.25) is 10.1 Å². The number of carboxylic acid groups (broad SMARTS) is 1. The lowest BCUT2D eigenvalue weighted by Gasteiger charge is -2.06. The van der Waals surface area contributed by atoms with Gasteiger partial charge < -0.3 is 9.84 Å². The summed E-state index contributed by atoms with van der Waals surface area (Å²) in [7, 11) is 0. The Hall–Kier alpha value is -2.44. The van der Waals surface area contributed by atoms with E-state index in [2.05, 4.69) is 0 Å². The molecule has 18 heavy (non-hydrogen) atoms. The first-order valence-electron chi connectivity index (χ1n) is 4.87. The fraction of sp³-hybridized carbons (Fsp3) is 0.182. The quantitative estimate of drug-likeness (QED) is 0.494. The Labute approximate surface area is 101 Å². The summed E-state index contributed by atoms with van der Waals surface area (Å²) in [5, 5.41) is 18.8. The molecule has 0 aromatic heterocycles. The monoisotopic (exact) mass is 255 g/mol. The molecule has 0 bridgehead atoms. The predicted octanol–water partition coefficient (Wildman–Crippen LogP) is 2.14. The number of nitrogens with zero attached hydrogens (tertiary/aromatic N) is 1. The first-order valence-corrected chi connectivity index (χ1v) is 4.87. The number of nitro groups is 1. The lowest BCUT2D eigenvalue weighted by atomic mass is 10.3. The molecule has 0 aliphatic rings. The third kappa shape index (κ3) is 3.85. The fourth-order valence-electron chi connectivity index (χ4n) is 1.18. The number of halogens is 1. The number of rotatable bonds is 5. The van der Waals surface area contributed by atoms with Crippen LogP contribution in [-0.4, -0.2) is 22.6 Å². The molecule has 1 N–H and O–H groups in total. The molecular formula is C11H10FNO5. The third-order valence-corrected chi connectivity index (χ3v) is 1.95. The van der Waals surface area contributed by atoms with Crippen LogP contribution in [0.5, 0.6) is 5.75 Å². The average Bonchev–Trinajstić information content (AvgIpc) is 2.25. The molecule has 0 aliphatic heterocycles. The van der Waals surface area contributed by atoms with Crippen LogP contribution in [0.2, 0.25) is 0 Å². The van der Waals surface area contributed by atoms with Gasteiger partial charge in [-0.15, -0.1) is 0 Å². The van der Waals surface area contributed by atoms with Gasteiger partial charge in [-0.2, -0.15) is 4.39 Å². The molecule has 0 radical (unpaired) electrons. The molecule has 0 atom stereocenters. The topological polar surface area (TPSA) is 89.7 Å². The molecule has 0 heterocycles. The molecule has 96 valence electrons. The first kappa shape index (κ1) is 13.6. The Bertz CT molecular complexity index is 512. The summed E-state index contributed by atoms with van der Waals surface area (Å²) >= 11 is 0. The van der Waals surface area contributed by atoms with Crippen LogP contribution < -0.4 is 4.74 Å². The predicted molar refractivity (Wildman–Crippen MR) is 59.9 cm³/mol. The van der Waals surface area contributed by atoms with Gasteiger partial charge in [-0.05, 0) is 18.6 Å². The summed E-state index contributed by atoms with van der Waals surface area (Å²) in [5.74, 6) is -2.01. The number of aliphatic carboxylic acids is 1. The Morgan fingerprint density at radius 3 is 2.78 bits per heavy atom. The Balaban J connectivity index is 2.73. The zero-order valence-electron chi connectivity index (χ0n) is 9.42. The largest absolute Gasteiger partial charge is 0.489 e. The van der Waals surface area contributed by atoms with Crippen molar-refractivity contribution in [2.24, 2.45) is 0 Å². The highest BCUT2D eigenvalue weighted by Crippen LogP contribution is 2.22. The summed E-state index contributed by atoms with van der Waals surface area (Å²) < 4.78 is 18.3. The normalized spacial score (nSPS) is 11.1. The van der Waals surface area contributed by atoms with E-state index in [0.717, 1.165) is 18.2 Å². The van der Waals surface area contributed by atoms with E-state index < -0.39 is 22.4 Å². The van der Waals surface area contributed by atoms with Crippen molar-refractivity contribution in [3.05, 3.63) is 45.8 Å². The van der Waals surface area contributed by atoms with Crippen molar-refractivity contribution >= 4 is 11.7 Å². The minimum atomic E-state index is -1.11. The van der Waals surface area contributed by atoms with Crippen LogP contribution >= 0.6 is 0 Å². The Morgan fingerprint density at radius 2 is 2.28 bits per heavy atom. The molecule has 0 saturated carbocycles. The van der Waals surface area contributed by atoms with Crippen LogP contribution in [0.1, 0.15) is 6.92 Å². The van der Waals surface area contributed by atoms with Gasteiger partial charge in [0.05, 0.1) is 4.92 Å².